The summed E-state index contributed by atoms with van der Waals surface area (Å²) in [5.74, 6) is 0. The summed E-state index contributed by atoms with van der Waals surface area (Å²) in [5, 5.41) is 6.25. The van der Waals surface area contributed by atoms with Crippen LogP contribution in [0, 0.1) is 6.92 Å². The van der Waals surface area contributed by atoms with Gasteiger partial charge in [0.15, 0.2) is 0 Å². The lowest BCUT2D eigenvalue weighted by Gasteiger charge is -2.12. The fourth-order valence-corrected chi connectivity index (χ4v) is 4.38. The molecule has 2 aromatic carbocycles. The van der Waals surface area contributed by atoms with E-state index in [9.17, 15) is 0 Å². The van der Waals surface area contributed by atoms with Gasteiger partial charge in [0.25, 0.3) is 0 Å². The van der Waals surface area contributed by atoms with Crippen molar-refractivity contribution in [2.75, 3.05) is 13.2 Å². The lowest BCUT2D eigenvalue weighted by Crippen LogP contribution is -2.26. The van der Waals surface area contributed by atoms with Crippen LogP contribution in [0.4, 0.5) is 0 Å². The molecule has 0 spiro atoms. The van der Waals surface area contributed by atoms with Gasteiger partial charge in [0, 0.05) is 52.9 Å². The molecule has 0 saturated carbocycles. The van der Waals surface area contributed by atoms with E-state index in [1.54, 1.807) is 0 Å². The third-order valence-corrected chi connectivity index (χ3v) is 5.99. The maximum absolute atomic E-state index is 6.42. The average molecular weight is 440 g/mol. The summed E-state index contributed by atoms with van der Waals surface area (Å²) in [6, 6.07) is 14.3. The van der Waals surface area contributed by atoms with E-state index in [4.69, 9.17) is 27.9 Å². The molecule has 1 N–H and O–H groups in total. The molecular weight excluding hydrogens is 415 g/mol. The largest absolute Gasteiger partial charge is 0.377 e. The van der Waals surface area contributed by atoms with Gasteiger partial charge >= 0.3 is 0 Å². The van der Waals surface area contributed by atoms with Crippen molar-refractivity contribution in [2.24, 2.45) is 0 Å². The fourth-order valence-electron chi connectivity index (χ4n) is 3.91. The molecule has 1 aromatic heterocycles. The number of ether oxygens (including phenoxy) is 1. The van der Waals surface area contributed by atoms with Crippen LogP contribution in [-0.2, 0) is 17.8 Å². The van der Waals surface area contributed by atoms with E-state index in [0.29, 0.717) is 16.1 Å². The Balaban J connectivity index is 0.00000225. The highest BCUT2D eigenvalue weighted by Crippen LogP contribution is 2.29. The lowest BCUT2D eigenvalue weighted by atomic mass is 10.1. The Labute approximate surface area is 182 Å². The summed E-state index contributed by atoms with van der Waals surface area (Å²) in [6.45, 7) is 5.56. The molecule has 1 saturated heterocycles. The zero-order chi connectivity index (χ0) is 18.8. The van der Waals surface area contributed by atoms with Crippen molar-refractivity contribution in [3.05, 3.63) is 69.3 Å². The van der Waals surface area contributed by atoms with Crippen molar-refractivity contribution in [1.29, 1.82) is 0 Å². The maximum atomic E-state index is 6.42. The maximum Gasteiger partial charge on any atom is 0.0700 e. The van der Waals surface area contributed by atoms with E-state index in [1.165, 1.54) is 28.6 Å². The number of fused-ring (bicyclic) bond motifs is 1. The van der Waals surface area contributed by atoms with E-state index < -0.39 is 0 Å². The van der Waals surface area contributed by atoms with Gasteiger partial charge < -0.3 is 14.6 Å². The van der Waals surface area contributed by atoms with E-state index in [2.05, 4.69) is 41.1 Å². The minimum Gasteiger partial charge on any atom is -0.377 e. The standard InChI is InChI=1S/C22H24Cl2N2O.ClH/c1-15-20(13-25-12-18-5-4-10-27-18)19-6-2-3-7-22(19)26(15)14-16-8-9-17(23)11-21(16)24;/h2-3,6-9,11,18,25H,4-5,10,12-14H2,1H3;1H. The highest BCUT2D eigenvalue weighted by molar-refractivity contribution is 6.35. The van der Waals surface area contributed by atoms with Crippen LogP contribution in [0.5, 0.6) is 0 Å². The molecule has 3 aromatic rings. The minimum atomic E-state index is 0. The first-order chi connectivity index (χ1) is 13.1. The van der Waals surface area contributed by atoms with Gasteiger partial charge in [-0.15, -0.1) is 12.4 Å². The quantitative estimate of drug-likeness (QED) is 0.510. The van der Waals surface area contributed by atoms with Gasteiger partial charge in [-0.05, 0) is 49.1 Å². The molecule has 1 fully saturated rings. The van der Waals surface area contributed by atoms with E-state index >= 15 is 0 Å². The highest BCUT2D eigenvalue weighted by Gasteiger charge is 2.17. The Morgan fingerprint density at radius 1 is 1.18 bits per heavy atom. The number of benzene rings is 2. The average Bonchev–Trinajstić information content (AvgIpc) is 3.26. The summed E-state index contributed by atoms with van der Waals surface area (Å²) < 4.78 is 8.06. The van der Waals surface area contributed by atoms with Gasteiger partial charge in [-0.3, -0.25) is 0 Å². The van der Waals surface area contributed by atoms with E-state index in [-0.39, 0.29) is 12.4 Å². The molecule has 2 heterocycles. The number of nitrogens with zero attached hydrogens (tertiary/aromatic N) is 1. The van der Waals surface area contributed by atoms with Crippen LogP contribution in [0.15, 0.2) is 42.5 Å². The monoisotopic (exact) mass is 438 g/mol. The first-order valence-corrected chi connectivity index (χ1v) is 10.2. The molecule has 0 amide bonds. The predicted molar refractivity (Wildman–Crippen MR) is 120 cm³/mol. The molecule has 1 aliphatic heterocycles. The molecule has 0 radical (unpaired) electrons. The van der Waals surface area contributed by atoms with Gasteiger partial charge in [-0.1, -0.05) is 47.5 Å². The Kier molecular flexibility index (Phi) is 7.30. The predicted octanol–water partition coefficient (Wildman–Crippen LogP) is 6.00. The SMILES string of the molecule is Cc1c(CNCC2CCCO2)c2ccccc2n1Cc1ccc(Cl)cc1Cl.Cl. The Hall–Kier alpha value is -1.23. The van der Waals surface area contributed by atoms with Crippen LogP contribution >= 0.6 is 35.6 Å². The first kappa shape index (κ1) is 21.5. The minimum absolute atomic E-state index is 0. The van der Waals surface area contributed by atoms with Crippen LogP contribution in [0.25, 0.3) is 10.9 Å². The van der Waals surface area contributed by atoms with Crippen LogP contribution < -0.4 is 5.32 Å². The molecule has 6 heteroatoms. The van der Waals surface area contributed by atoms with Crippen LogP contribution in [-0.4, -0.2) is 23.8 Å². The zero-order valence-corrected chi connectivity index (χ0v) is 18.2. The van der Waals surface area contributed by atoms with Crippen LogP contribution in [0.3, 0.4) is 0 Å². The van der Waals surface area contributed by atoms with E-state index in [0.717, 1.165) is 38.2 Å². The van der Waals surface area contributed by atoms with Crippen molar-refractivity contribution < 1.29 is 4.74 Å². The molecule has 1 aliphatic rings. The molecule has 0 bridgehead atoms. The number of hydrogen-bond acceptors (Lipinski definition) is 2. The zero-order valence-electron chi connectivity index (χ0n) is 15.9. The molecule has 1 unspecified atom stereocenters. The molecule has 150 valence electrons. The van der Waals surface area contributed by atoms with Crippen molar-refractivity contribution in [2.45, 2.75) is 39.0 Å². The fraction of sp³-hybridized carbons (Fsp3) is 0.364. The second kappa shape index (κ2) is 9.51. The molecule has 28 heavy (non-hydrogen) atoms. The van der Waals surface area contributed by atoms with Crippen LogP contribution in [0.2, 0.25) is 10.0 Å². The van der Waals surface area contributed by atoms with Crippen LogP contribution in [0.1, 0.15) is 29.7 Å². The van der Waals surface area contributed by atoms with Gasteiger partial charge in [-0.25, -0.2) is 0 Å². The van der Waals surface area contributed by atoms with Crippen molar-refractivity contribution in [1.82, 2.24) is 9.88 Å². The summed E-state index contributed by atoms with van der Waals surface area (Å²) in [4.78, 5) is 0. The van der Waals surface area contributed by atoms with Gasteiger partial charge in [0.1, 0.15) is 0 Å². The Bertz CT molecular complexity index is 948. The number of nitrogens with one attached hydrogen (secondary N) is 1. The number of rotatable bonds is 6. The normalized spacial score (nSPS) is 16.5. The number of halogens is 3. The first-order valence-electron chi connectivity index (χ1n) is 9.46. The number of hydrogen-bond donors (Lipinski definition) is 1. The molecule has 3 nitrogen and oxygen atoms in total. The topological polar surface area (TPSA) is 26.2 Å². The highest BCUT2D eigenvalue weighted by atomic mass is 35.5. The summed E-state index contributed by atoms with van der Waals surface area (Å²) in [7, 11) is 0. The Morgan fingerprint density at radius 2 is 2.00 bits per heavy atom. The van der Waals surface area contributed by atoms with Gasteiger partial charge in [-0.2, -0.15) is 0 Å². The third kappa shape index (κ3) is 4.50. The van der Waals surface area contributed by atoms with Crippen molar-refractivity contribution in [3.63, 3.8) is 0 Å². The smallest absolute Gasteiger partial charge is 0.0700 e. The summed E-state index contributed by atoms with van der Waals surface area (Å²) in [5.41, 5.74) is 4.91. The third-order valence-electron chi connectivity index (χ3n) is 5.40. The lowest BCUT2D eigenvalue weighted by molar-refractivity contribution is 0.110. The number of aromatic nitrogens is 1. The van der Waals surface area contributed by atoms with Crippen molar-refractivity contribution in [3.8, 4) is 0 Å². The molecule has 1 atom stereocenters. The number of para-hydroxylation sites is 1. The second-order valence-electron chi connectivity index (χ2n) is 7.17. The summed E-state index contributed by atoms with van der Waals surface area (Å²) >= 11 is 12.5. The van der Waals surface area contributed by atoms with E-state index in [1.807, 2.05) is 18.2 Å². The molecular formula is C22H25Cl3N2O. The van der Waals surface area contributed by atoms with Crippen molar-refractivity contribution >= 4 is 46.5 Å². The molecule has 4 rings (SSSR count). The van der Waals surface area contributed by atoms with Gasteiger partial charge in [0.2, 0.25) is 0 Å². The molecule has 0 aliphatic carbocycles. The summed E-state index contributed by atoms with van der Waals surface area (Å²) in [6.07, 6.45) is 2.68. The Morgan fingerprint density at radius 3 is 2.75 bits per heavy atom. The second-order valence-corrected chi connectivity index (χ2v) is 8.01. The van der Waals surface area contributed by atoms with Gasteiger partial charge in [0.05, 0.1) is 6.10 Å².